The van der Waals surface area contributed by atoms with Crippen molar-refractivity contribution in [2.75, 3.05) is 6.61 Å². The third-order valence-corrected chi connectivity index (χ3v) is 4.19. The van der Waals surface area contributed by atoms with Gasteiger partial charge in [0.25, 0.3) is 11.6 Å². The average molecular weight is 320 g/mol. The van der Waals surface area contributed by atoms with Gasteiger partial charge in [0.2, 0.25) is 0 Å². The van der Waals surface area contributed by atoms with Gasteiger partial charge in [-0.2, -0.15) is 0 Å². The molecule has 0 saturated carbocycles. The first kappa shape index (κ1) is 16.1. The predicted molar refractivity (Wildman–Crippen MR) is 84.1 cm³/mol. The number of aliphatic hydroxyl groups excluding tert-OH is 1. The number of nitro groups is 1. The van der Waals surface area contributed by atoms with Crippen molar-refractivity contribution < 1.29 is 14.8 Å². The van der Waals surface area contributed by atoms with E-state index in [9.17, 15) is 14.9 Å². The second-order valence-corrected chi connectivity index (χ2v) is 5.81. The fraction of sp³-hybridized carbons (Fsp3) is 0.267. The number of benzene rings is 1. The molecule has 0 aliphatic heterocycles. The van der Waals surface area contributed by atoms with E-state index in [0.717, 1.165) is 10.4 Å². The molecule has 116 valence electrons. The molecule has 1 aromatic heterocycles. The summed E-state index contributed by atoms with van der Waals surface area (Å²) in [6.07, 6.45) is 0.353. The van der Waals surface area contributed by atoms with Gasteiger partial charge in [-0.25, -0.2) is 0 Å². The Morgan fingerprint density at radius 1 is 1.45 bits per heavy atom. The van der Waals surface area contributed by atoms with Gasteiger partial charge < -0.3 is 10.4 Å². The lowest BCUT2D eigenvalue weighted by Gasteiger charge is -2.16. The van der Waals surface area contributed by atoms with Crippen LogP contribution in [0.2, 0.25) is 0 Å². The molecular formula is C15H16N2O4S. The molecule has 2 rings (SSSR count). The van der Waals surface area contributed by atoms with Crippen LogP contribution in [0.3, 0.4) is 0 Å². The lowest BCUT2D eigenvalue weighted by atomic mass is 10.1. The van der Waals surface area contributed by atoms with Crippen LogP contribution in [0.4, 0.5) is 5.69 Å². The third-order valence-electron chi connectivity index (χ3n) is 3.20. The molecule has 7 heteroatoms. The molecule has 0 aliphatic rings. The number of nitro benzene ring substituents is 1. The number of nitrogens with zero attached hydrogens (tertiary/aromatic N) is 1. The first-order valence-corrected chi connectivity index (χ1v) is 7.61. The zero-order chi connectivity index (χ0) is 16.1. The van der Waals surface area contributed by atoms with Crippen molar-refractivity contribution in [3.8, 4) is 0 Å². The topological polar surface area (TPSA) is 92.5 Å². The van der Waals surface area contributed by atoms with E-state index in [0.29, 0.717) is 6.42 Å². The highest BCUT2D eigenvalue weighted by atomic mass is 32.1. The lowest BCUT2D eigenvalue weighted by molar-refractivity contribution is -0.385. The van der Waals surface area contributed by atoms with E-state index in [1.54, 1.807) is 13.0 Å². The zero-order valence-electron chi connectivity index (χ0n) is 12.0. The minimum atomic E-state index is -0.569. The van der Waals surface area contributed by atoms with Crippen LogP contribution in [0.5, 0.6) is 0 Å². The van der Waals surface area contributed by atoms with Gasteiger partial charge in [-0.3, -0.25) is 14.9 Å². The molecule has 0 bridgehead atoms. The number of amides is 1. The molecule has 1 amide bonds. The predicted octanol–water partition coefficient (Wildman–Crippen LogP) is 2.82. The smallest absolute Gasteiger partial charge is 0.282 e. The molecule has 0 radical (unpaired) electrons. The summed E-state index contributed by atoms with van der Waals surface area (Å²) in [4.78, 5) is 23.8. The molecule has 0 unspecified atom stereocenters. The fourth-order valence-corrected chi connectivity index (χ4v) is 2.94. The van der Waals surface area contributed by atoms with Crippen molar-refractivity contribution in [1.29, 1.82) is 0 Å². The molecule has 1 aromatic carbocycles. The SMILES string of the molecule is Cc1ccc([N+](=O)[O-])c(C(=O)N[C@H](CCO)c2cccs2)c1. The summed E-state index contributed by atoms with van der Waals surface area (Å²) in [5.74, 6) is -0.512. The molecule has 22 heavy (non-hydrogen) atoms. The van der Waals surface area contributed by atoms with E-state index in [1.807, 2.05) is 17.5 Å². The first-order chi connectivity index (χ1) is 10.5. The Labute approximate surface area is 131 Å². The summed E-state index contributed by atoms with van der Waals surface area (Å²) in [6.45, 7) is 1.68. The number of aryl methyl sites for hydroxylation is 1. The van der Waals surface area contributed by atoms with Crippen molar-refractivity contribution >= 4 is 22.9 Å². The van der Waals surface area contributed by atoms with E-state index in [1.165, 1.54) is 23.5 Å². The van der Waals surface area contributed by atoms with Gasteiger partial charge in [0.05, 0.1) is 11.0 Å². The van der Waals surface area contributed by atoms with Gasteiger partial charge in [-0.1, -0.05) is 12.1 Å². The zero-order valence-corrected chi connectivity index (χ0v) is 12.8. The van der Waals surface area contributed by atoms with Crippen LogP contribution < -0.4 is 5.32 Å². The normalized spacial score (nSPS) is 11.9. The maximum Gasteiger partial charge on any atom is 0.282 e. The highest BCUT2D eigenvalue weighted by Gasteiger charge is 2.23. The molecular weight excluding hydrogens is 304 g/mol. The summed E-state index contributed by atoms with van der Waals surface area (Å²) in [7, 11) is 0. The molecule has 0 saturated heterocycles. The quantitative estimate of drug-likeness (QED) is 0.632. The summed E-state index contributed by atoms with van der Waals surface area (Å²) >= 11 is 1.46. The Bertz CT molecular complexity index is 670. The van der Waals surface area contributed by atoms with E-state index in [-0.39, 0.29) is 23.9 Å². The summed E-state index contributed by atoms with van der Waals surface area (Å²) in [6, 6.07) is 7.77. The van der Waals surface area contributed by atoms with Crippen LogP contribution in [0, 0.1) is 17.0 Å². The van der Waals surface area contributed by atoms with E-state index in [4.69, 9.17) is 5.11 Å². The number of hydrogen-bond donors (Lipinski definition) is 2. The van der Waals surface area contributed by atoms with Crippen molar-refractivity contribution in [1.82, 2.24) is 5.32 Å². The molecule has 0 aliphatic carbocycles. The Kier molecular flexibility index (Phi) is 5.24. The van der Waals surface area contributed by atoms with Crippen LogP contribution in [0.1, 0.15) is 33.3 Å². The summed E-state index contributed by atoms with van der Waals surface area (Å²) < 4.78 is 0. The highest BCUT2D eigenvalue weighted by molar-refractivity contribution is 7.10. The number of aliphatic hydroxyl groups is 1. The second-order valence-electron chi connectivity index (χ2n) is 4.83. The largest absolute Gasteiger partial charge is 0.396 e. The van der Waals surface area contributed by atoms with Crippen molar-refractivity contribution in [3.05, 3.63) is 61.8 Å². The van der Waals surface area contributed by atoms with Crippen LogP contribution in [0.25, 0.3) is 0 Å². The Morgan fingerprint density at radius 2 is 2.23 bits per heavy atom. The van der Waals surface area contributed by atoms with Gasteiger partial charge in [0.15, 0.2) is 0 Å². The van der Waals surface area contributed by atoms with E-state index in [2.05, 4.69) is 5.32 Å². The van der Waals surface area contributed by atoms with Crippen molar-refractivity contribution in [2.24, 2.45) is 0 Å². The first-order valence-electron chi connectivity index (χ1n) is 6.73. The van der Waals surface area contributed by atoms with E-state index >= 15 is 0 Å². The number of rotatable bonds is 6. The summed E-state index contributed by atoms with van der Waals surface area (Å²) in [5, 5.41) is 24.9. The Morgan fingerprint density at radius 3 is 2.82 bits per heavy atom. The van der Waals surface area contributed by atoms with Crippen LogP contribution in [0.15, 0.2) is 35.7 Å². The number of hydrogen-bond acceptors (Lipinski definition) is 5. The number of carbonyl (C=O) groups excluding carboxylic acids is 1. The molecule has 6 nitrogen and oxygen atoms in total. The minimum absolute atomic E-state index is 0.0319. The Balaban J connectivity index is 2.27. The summed E-state index contributed by atoms with van der Waals surface area (Å²) in [5.41, 5.74) is 0.576. The van der Waals surface area contributed by atoms with Gasteiger partial charge >= 0.3 is 0 Å². The highest BCUT2D eigenvalue weighted by Crippen LogP contribution is 2.24. The number of carbonyl (C=O) groups is 1. The lowest BCUT2D eigenvalue weighted by Crippen LogP contribution is -2.29. The van der Waals surface area contributed by atoms with Crippen molar-refractivity contribution in [3.63, 3.8) is 0 Å². The molecule has 2 aromatic rings. The fourth-order valence-electron chi connectivity index (χ4n) is 2.13. The molecule has 1 heterocycles. The van der Waals surface area contributed by atoms with Crippen LogP contribution in [-0.4, -0.2) is 22.5 Å². The Hall–Kier alpha value is -2.25. The van der Waals surface area contributed by atoms with Crippen LogP contribution >= 0.6 is 11.3 Å². The standard InChI is InChI=1S/C15H16N2O4S/c1-10-4-5-13(17(20)21)11(9-10)15(19)16-12(6-7-18)14-3-2-8-22-14/h2-5,8-9,12,18H,6-7H2,1H3,(H,16,19)/t12-/m1/s1. The monoisotopic (exact) mass is 320 g/mol. The molecule has 2 N–H and O–H groups in total. The van der Waals surface area contributed by atoms with Gasteiger partial charge in [-0.05, 0) is 36.4 Å². The maximum atomic E-state index is 12.4. The van der Waals surface area contributed by atoms with Gasteiger partial charge in [0.1, 0.15) is 5.56 Å². The van der Waals surface area contributed by atoms with Crippen LogP contribution in [-0.2, 0) is 0 Å². The third kappa shape index (κ3) is 3.69. The van der Waals surface area contributed by atoms with Gasteiger partial charge in [0, 0.05) is 17.6 Å². The van der Waals surface area contributed by atoms with E-state index < -0.39 is 10.8 Å². The second kappa shape index (κ2) is 7.15. The van der Waals surface area contributed by atoms with Gasteiger partial charge in [-0.15, -0.1) is 11.3 Å². The number of nitrogens with one attached hydrogen (secondary N) is 1. The minimum Gasteiger partial charge on any atom is -0.396 e. The maximum absolute atomic E-state index is 12.4. The average Bonchev–Trinajstić information content (AvgIpc) is 3.00. The molecule has 0 spiro atoms. The number of thiophene rings is 1. The molecule has 0 fully saturated rings. The molecule has 1 atom stereocenters. The van der Waals surface area contributed by atoms with Crippen molar-refractivity contribution in [2.45, 2.75) is 19.4 Å².